The van der Waals surface area contributed by atoms with Crippen LogP contribution in [0, 0.1) is 0 Å². The van der Waals surface area contributed by atoms with Crippen LogP contribution in [-0.4, -0.2) is 24.9 Å². The molecule has 104 valence electrons. The molecule has 3 nitrogen and oxygen atoms in total. The molecule has 0 atom stereocenters. The zero-order valence-electron chi connectivity index (χ0n) is 11.6. The summed E-state index contributed by atoms with van der Waals surface area (Å²) >= 11 is 3.44. The molecule has 2 aromatic rings. The number of hydrogen-bond acceptors (Lipinski definition) is 2. The third kappa shape index (κ3) is 3.39. The second-order valence-corrected chi connectivity index (χ2v) is 5.50. The first-order chi connectivity index (χ1) is 9.61. The molecule has 0 radical (unpaired) electrons. The molecule has 2 aromatic carbocycles. The molecule has 20 heavy (non-hydrogen) atoms. The highest BCUT2D eigenvalue weighted by Crippen LogP contribution is 2.18. The molecule has 0 aliphatic carbocycles. The van der Waals surface area contributed by atoms with Gasteiger partial charge in [0.2, 0.25) is 0 Å². The summed E-state index contributed by atoms with van der Waals surface area (Å²) in [4.78, 5) is 14.2. The number of benzene rings is 2. The largest absolute Gasteiger partial charge is 0.387 e. The van der Waals surface area contributed by atoms with Crippen molar-refractivity contribution in [3.05, 3.63) is 64.1 Å². The van der Waals surface area contributed by atoms with Crippen molar-refractivity contribution in [1.82, 2.24) is 4.90 Å². The van der Waals surface area contributed by atoms with Gasteiger partial charge in [0.1, 0.15) is 0 Å². The van der Waals surface area contributed by atoms with Crippen LogP contribution in [0.15, 0.2) is 53.0 Å². The third-order valence-electron chi connectivity index (χ3n) is 3.08. The van der Waals surface area contributed by atoms with Gasteiger partial charge in [-0.1, -0.05) is 40.2 Å². The maximum Gasteiger partial charge on any atom is 0.255 e. The maximum atomic E-state index is 12.5. The fourth-order valence-corrected chi connectivity index (χ4v) is 2.52. The van der Waals surface area contributed by atoms with Gasteiger partial charge in [-0.3, -0.25) is 4.79 Å². The number of carbonyl (C=O) groups is 1. The Hall–Kier alpha value is -1.81. The molecule has 0 aliphatic rings. The van der Waals surface area contributed by atoms with E-state index in [4.69, 9.17) is 0 Å². The Morgan fingerprint density at radius 2 is 1.95 bits per heavy atom. The van der Waals surface area contributed by atoms with Crippen LogP contribution < -0.4 is 5.32 Å². The maximum absolute atomic E-state index is 12.5. The highest BCUT2D eigenvalue weighted by atomic mass is 79.9. The van der Waals surface area contributed by atoms with Gasteiger partial charge in [0.25, 0.3) is 5.91 Å². The van der Waals surface area contributed by atoms with E-state index in [1.807, 2.05) is 62.6 Å². The van der Waals surface area contributed by atoms with E-state index in [1.165, 1.54) is 0 Å². The highest BCUT2D eigenvalue weighted by Gasteiger charge is 2.15. The van der Waals surface area contributed by atoms with Gasteiger partial charge in [0, 0.05) is 30.8 Å². The lowest BCUT2D eigenvalue weighted by atomic mass is 10.1. The van der Waals surface area contributed by atoms with Crippen molar-refractivity contribution in [2.24, 2.45) is 0 Å². The summed E-state index contributed by atoms with van der Waals surface area (Å²) in [6.45, 7) is 0.580. The molecule has 0 bridgehead atoms. The van der Waals surface area contributed by atoms with E-state index < -0.39 is 0 Å². The fraction of sp³-hybridized carbons (Fsp3) is 0.188. The lowest BCUT2D eigenvalue weighted by molar-refractivity contribution is 0.0786. The molecule has 0 saturated heterocycles. The van der Waals surface area contributed by atoms with E-state index in [-0.39, 0.29) is 5.91 Å². The summed E-state index contributed by atoms with van der Waals surface area (Å²) in [6.07, 6.45) is 0. The lowest BCUT2D eigenvalue weighted by Crippen LogP contribution is -2.26. The van der Waals surface area contributed by atoms with Crippen LogP contribution in [0.2, 0.25) is 0 Å². The second-order valence-electron chi connectivity index (χ2n) is 4.59. The minimum Gasteiger partial charge on any atom is -0.387 e. The Balaban J connectivity index is 2.16. The summed E-state index contributed by atoms with van der Waals surface area (Å²) in [5.74, 6) is 0.00919. The van der Waals surface area contributed by atoms with Crippen LogP contribution in [0.1, 0.15) is 15.9 Å². The first-order valence-corrected chi connectivity index (χ1v) is 7.18. The SMILES string of the molecule is CNc1ccccc1C(=O)N(C)Cc1cccc(Br)c1. The predicted octanol–water partition coefficient (Wildman–Crippen LogP) is 3.76. The molecule has 2 rings (SSSR count). The molecule has 0 aromatic heterocycles. The summed E-state index contributed by atoms with van der Waals surface area (Å²) in [7, 11) is 3.64. The number of halogens is 1. The molecule has 0 saturated carbocycles. The van der Waals surface area contributed by atoms with Gasteiger partial charge in [-0.25, -0.2) is 0 Å². The number of anilines is 1. The van der Waals surface area contributed by atoms with Gasteiger partial charge in [0.15, 0.2) is 0 Å². The highest BCUT2D eigenvalue weighted by molar-refractivity contribution is 9.10. The molecule has 0 spiro atoms. The lowest BCUT2D eigenvalue weighted by Gasteiger charge is -2.19. The van der Waals surface area contributed by atoms with Crippen molar-refractivity contribution in [2.45, 2.75) is 6.54 Å². The van der Waals surface area contributed by atoms with Crippen molar-refractivity contribution in [3.8, 4) is 0 Å². The minimum atomic E-state index is 0.00919. The van der Waals surface area contributed by atoms with Gasteiger partial charge in [0.05, 0.1) is 5.56 Å². The Morgan fingerprint density at radius 3 is 2.65 bits per heavy atom. The molecule has 1 amide bonds. The average Bonchev–Trinajstić information content (AvgIpc) is 2.46. The van der Waals surface area contributed by atoms with Gasteiger partial charge in [-0.15, -0.1) is 0 Å². The van der Waals surface area contributed by atoms with E-state index in [0.717, 1.165) is 15.7 Å². The monoisotopic (exact) mass is 332 g/mol. The Labute approximate surface area is 127 Å². The molecular formula is C16H17BrN2O. The number of amides is 1. The Bertz CT molecular complexity index is 613. The average molecular weight is 333 g/mol. The molecule has 0 unspecified atom stereocenters. The number of rotatable bonds is 4. The molecule has 1 N–H and O–H groups in total. The molecule has 4 heteroatoms. The standard InChI is InChI=1S/C16H17BrN2O/c1-18-15-9-4-3-8-14(15)16(20)19(2)11-12-6-5-7-13(17)10-12/h3-10,18H,11H2,1-2H3. The van der Waals surface area contributed by atoms with Crippen molar-refractivity contribution < 1.29 is 4.79 Å². The number of nitrogens with zero attached hydrogens (tertiary/aromatic N) is 1. The van der Waals surface area contributed by atoms with E-state index in [9.17, 15) is 4.79 Å². The van der Waals surface area contributed by atoms with Crippen molar-refractivity contribution >= 4 is 27.5 Å². The van der Waals surface area contributed by atoms with Crippen molar-refractivity contribution in [3.63, 3.8) is 0 Å². The van der Waals surface area contributed by atoms with Crippen LogP contribution in [0.25, 0.3) is 0 Å². The topological polar surface area (TPSA) is 32.3 Å². The van der Waals surface area contributed by atoms with E-state index >= 15 is 0 Å². The normalized spacial score (nSPS) is 10.2. The third-order valence-corrected chi connectivity index (χ3v) is 3.58. The fourth-order valence-electron chi connectivity index (χ4n) is 2.07. The second kappa shape index (κ2) is 6.57. The molecule has 0 heterocycles. The van der Waals surface area contributed by atoms with Crippen LogP contribution in [0.5, 0.6) is 0 Å². The first kappa shape index (κ1) is 14.6. The minimum absolute atomic E-state index is 0.00919. The number of nitrogens with one attached hydrogen (secondary N) is 1. The number of para-hydroxylation sites is 1. The van der Waals surface area contributed by atoms with Crippen LogP contribution >= 0.6 is 15.9 Å². The smallest absolute Gasteiger partial charge is 0.255 e. The zero-order chi connectivity index (χ0) is 14.5. The van der Waals surface area contributed by atoms with E-state index in [0.29, 0.717) is 12.1 Å². The number of carbonyl (C=O) groups excluding carboxylic acids is 1. The van der Waals surface area contributed by atoms with Crippen molar-refractivity contribution in [2.75, 3.05) is 19.4 Å². The summed E-state index contributed by atoms with van der Waals surface area (Å²) in [6, 6.07) is 15.5. The van der Waals surface area contributed by atoms with Crippen LogP contribution in [0.3, 0.4) is 0 Å². The zero-order valence-corrected chi connectivity index (χ0v) is 13.1. The quantitative estimate of drug-likeness (QED) is 0.924. The number of hydrogen-bond donors (Lipinski definition) is 1. The van der Waals surface area contributed by atoms with Crippen LogP contribution in [0.4, 0.5) is 5.69 Å². The Kier molecular flexibility index (Phi) is 4.79. The van der Waals surface area contributed by atoms with Crippen LogP contribution in [-0.2, 0) is 6.54 Å². The summed E-state index contributed by atoms with van der Waals surface area (Å²) in [5, 5.41) is 3.05. The molecular weight excluding hydrogens is 316 g/mol. The summed E-state index contributed by atoms with van der Waals surface area (Å²) < 4.78 is 1.02. The van der Waals surface area contributed by atoms with Gasteiger partial charge in [-0.05, 0) is 29.8 Å². The molecule has 0 fully saturated rings. The van der Waals surface area contributed by atoms with E-state index in [1.54, 1.807) is 4.90 Å². The van der Waals surface area contributed by atoms with Gasteiger partial charge < -0.3 is 10.2 Å². The van der Waals surface area contributed by atoms with Gasteiger partial charge >= 0.3 is 0 Å². The first-order valence-electron chi connectivity index (χ1n) is 6.38. The predicted molar refractivity (Wildman–Crippen MR) is 85.9 cm³/mol. The van der Waals surface area contributed by atoms with Gasteiger partial charge in [-0.2, -0.15) is 0 Å². The summed E-state index contributed by atoms with van der Waals surface area (Å²) in [5.41, 5.74) is 2.63. The Morgan fingerprint density at radius 1 is 1.20 bits per heavy atom. The molecule has 0 aliphatic heterocycles. The van der Waals surface area contributed by atoms with Crippen molar-refractivity contribution in [1.29, 1.82) is 0 Å². The van der Waals surface area contributed by atoms with E-state index in [2.05, 4.69) is 21.2 Å².